The van der Waals surface area contributed by atoms with Crippen molar-refractivity contribution in [3.8, 4) is 0 Å². The number of esters is 1. The average molecular weight is 369 g/mol. The van der Waals surface area contributed by atoms with Gasteiger partial charge in [-0.15, -0.1) is 0 Å². The molecule has 0 aliphatic heterocycles. The molecule has 0 aromatic heterocycles. The highest BCUT2D eigenvalue weighted by molar-refractivity contribution is 5.78. The molecule has 5 heteroatoms. The van der Waals surface area contributed by atoms with Crippen molar-refractivity contribution in [2.45, 2.75) is 18.8 Å². The van der Waals surface area contributed by atoms with Gasteiger partial charge in [0, 0.05) is 32.5 Å². The number of rotatable bonds is 10. The lowest BCUT2D eigenvalue weighted by atomic mass is 9.88. The Morgan fingerprint density at radius 3 is 1.93 bits per heavy atom. The molecule has 0 saturated carbocycles. The van der Waals surface area contributed by atoms with Gasteiger partial charge in [-0.25, -0.2) is 0 Å². The van der Waals surface area contributed by atoms with Crippen LogP contribution < -0.4 is 0 Å². The quantitative estimate of drug-likeness (QED) is 0.603. The third-order valence-corrected chi connectivity index (χ3v) is 4.51. The molecule has 0 saturated heterocycles. The number of carbonyl (C=O) groups is 2. The van der Waals surface area contributed by atoms with Crippen LogP contribution in [0.2, 0.25) is 0 Å². The minimum atomic E-state index is -0.326. The second-order valence-electron chi connectivity index (χ2n) is 6.28. The molecule has 0 bridgehead atoms. The maximum absolute atomic E-state index is 13.0. The molecule has 144 valence electrons. The summed E-state index contributed by atoms with van der Waals surface area (Å²) >= 11 is 0. The Hall–Kier alpha value is -2.66. The van der Waals surface area contributed by atoms with Gasteiger partial charge in [0.25, 0.3) is 0 Å². The number of amides is 1. The zero-order chi connectivity index (χ0) is 19.5. The van der Waals surface area contributed by atoms with E-state index in [1.807, 2.05) is 60.7 Å². The van der Waals surface area contributed by atoms with Crippen LogP contribution in [0.15, 0.2) is 60.7 Å². The first-order chi connectivity index (χ1) is 13.2. The van der Waals surface area contributed by atoms with Crippen molar-refractivity contribution < 1.29 is 19.1 Å². The summed E-state index contributed by atoms with van der Waals surface area (Å²) in [5.74, 6) is -0.371. The maximum atomic E-state index is 13.0. The van der Waals surface area contributed by atoms with Gasteiger partial charge in [-0.3, -0.25) is 9.59 Å². The van der Waals surface area contributed by atoms with Gasteiger partial charge in [0.15, 0.2) is 0 Å². The topological polar surface area (TPSA) is 55.8 Å². The molecular weight excluding hydrogens is 342 g/mol. The predicted molar refractivity (Wildman–Crippen MR) is 104 cm³/mol. The van der Waals surface area contributed by atoms with Crippen molar-refractivity contribution in [3.63, 3.8) is 0 Å². The highest BCUT2D eigenvalue weighted by atomic mass is 16.5. The molecule has 27 heavy (non-hydrogen) atoms. The Labute approximate surface area is 160 Å². The van der Waals surface area contributed by atoms with Crippen LogP contribution in [0.3, 0.4) is 0 Å². The van der Waals surface area contributed by atoms with Gasteiger partial charge in [0.05, 0.1) is 20.1 Å². The second-order valence-corrected chi connectivity index (χ2v) is 6.28. The molecule has 0 heterocycles. The summed E-state index contributed by atoms with van der Waals surface area (Å²) in [5, 5.41) is 0. The van der Waals surface area contributed by atoms with E-state index in [4.69, 9.17) is 9.47 Å². The third-order valence-electron chi connectivity index (χ3n) is 4.51. The van der Waals surface area contributed by atoms with Crippen molar-refractivity contribution in [2.75, 3.05) is 33.9 Å². The summed E-state index contributed by atoms with van der Waals surface area (Å²) < 4.78 is 9.82. The van der Waals surface area contributed by atoms with E-state index < -0.39 is 0 Å². The van der Waals surface area contributed by atoms with E-state index in [2.05, 4.69) is 0 Å². The highest BCUT2D eigenvalue weighted by Gasteiger charge is 2.22. The van der Waals surface area contributed by atoms with Crippen LogP contribution in [0.1, 0.15) is 29.9 Å². The minimum Gasteiger partial charge on any atom is -0.469 e. The molecule has 0 N–H and O–H groups in total. The molecule has 2 rings (SSSR count). The number of hydrogen-bond donors (Lipinski definition) is 0. The molecule has 0 radical (unpaired) electrons. The summed E-state index contributed by atoms with van der Waals surface area (Å²) in [5.41, 5.74) is 2.19. The van der Waals surface area contributed by atoms with Gasteiger partial charge in [-0.1, -0.05) is 60.7 Å². The first kappa shape index (κ1) is 20.6. The van der Waals surface area contributed by atoms with Gasteiger partial charge in [-0.2, -0.15) is 0 Å². The van der Waals surface area contributed by atoms with Crippen molar-refractivity contribution in [1.82, 2.24) is 4.90 Å². The van der Waals surface area contributed by atoms with Crippen LogP contribution in [-0.4, -0.2) is 50.7 Å². The Kier molecular flexibility index (Phi) is 8.52. The molecule has 5 nitrogen and oxygen atoms in total. The summed E-state index contributed by atoms with van der Waals surface area (Å²) in [7, 11) is 2.95. The van der Waals surface area contributed by atoms with Gasteiger partial charge < -0.3 is 14.4 Å². The van der Waals surface area contributed by atoms with Crippen molar-refractivity contribution >= 4 is 11.9 Å². The molecule has 1 amide bonds. The van der Waals surface area contributed by atoms with E-state index in [-0.39, 0.29) is 24.2 Å². The van der Waals surface area contributed by atoms with Crippen LogP contribution >= 0.6 is 0 Å². The standard InChI is InChI=1S/C22H27NO4/c1-26-16-15-23(14-13-22(25)27-2)21(24)17-20(18-9-5-3-6-10-18)19-11-7-4-8-12-19/h3-12,20H,13-17H2,1-2H3. The van der Waals surface area contributed by atoms with Crippen LogP contribution in [-0.2, 0) is 19.1 Å². The lowest BCUT2D eigenvalue weighted by molar-refractivity contribution is -0.142. The Morgan fingerprint density at radius 1 is 0.889 bits per heavy atom. The lowest BCUT2D eigenvalue weighted by Gasteiger charge is -2.25. The molecule has 2 aromatic carbocycles. The summed E-state index contributed by atoms with van der Waals surface area (Å²) in [6.45, 7) is 1.20. The summed E-state index contributed by atoms with van der Waals surface area (Å²) in [6, 6.07) is 20.0. The molecule has 0 spiro atoms. The molecule has 0 aliphatic rings. The van der Waals surface area contributed by atoms with E-state index in [9.17, 15) is 9.59 Å². The minimum absolute atomic E-state index is 0.00587. The van der Waals surface area contributed by atoms with Crippen LogP contribution in [0, 0.1) is 0 Å². The SMILES string of the molecule is COCCN(CCC(=O)OC)C(=O)CC(c1ccccc1)c1ccccc1. The molecule has 0 atom stereocenters. The number of nitrogens with zero attached hydrogens (tertiary/aromatic N) is 1. The van der Waals surface area contributed by atoms with Crippen molar-refractivity contribution in [3.05, 3.63) is 71.8 Å². The van der Waals surface area contributed by atoms with E-state index in [1.54, 1.807) is 12.0 Å². The van der Waals surface area contributed by atoms with E-state index in [1.165, 1.54) is 7.11 Å². The normalized spacial score (nSPS) is 10.6. The van der Waals surface area contributed by atoms with Crippen molar-refractivity contribution in [1.29, 1.82) is 0 Å². The first-order valence-corrected chi connectivity index (χ1v) is 9.09. The van der Waals surface area contributed by atoms with E-state index >= 15 is 0 Å². The van der Waals surface area contributed by atoms with E-state index in [0.29, 0.717) is 26.1 Å². The van der Waals surface area contributed by atoms with Gasteiger partial charge in [0.1, 0.15) is 0 Å². The zero-order valence-corrected chi connectivity index (χ0v) is 16.0. The largest absolute Gasteiger partial charge is 0.469 e. The lowest BCUT2D eigenvalue weighted by Crippen LogP contribution is -2.36. The zero-order valence-electron chi connectivity index (χ0n) is 16.0. The molecule has 2 aromatic rings. The number of benzene rings is 2. The van der Waals surface area contributed by atoms with Gasteiger partial charge in [0.2, 0.25) is 5.91 Å². The van der Waals surface area contributed by atoms with E-state index in [0.717, 1.165) is 11.1 Å². The number of hydrogen-bond acceptors (Lipinski definition) is 4. The number of methoxy groups -OCH3 is 2. The molecule has 0 fully saturated rings. The molecule has 0 unspecified atom stereocenters. The second kappa shape index (κ2) is 11.1. The summed E-state index contributed by atoms with van der Waals surface area (Å²) in [4.78, 5) is 26.2. The fourth-order valence-electron chi connectivity index (χ4n) is 2.99. The average Bonchev–Trinajstić information content (AvgIpc) is 2.72. The Morgan fingerprint density at radius 2 is 1.44 bits per heavy atom. The Bertz CT molecular complexity index is 663. The van der Waals surface area contributed by atoms with Gasteiger partial charge >= 0.3 is 5.97 Å². The highest BCUT2D eigenvalue weighted by Crippen LogP contribution is 2.28. The number of ether oxygens (including phenoxy) is 2. The Balaban J connectivity index is 2.17. The van der Waals surface area contributed by atoms with Crippen LogP contribution in [0.25, 0.3) is 0 Å². The fraction of sp³-hybridized carbons (Fsp3) is 0.364. The predicted octanol–water partition coefficient (Wildman–Crippen LogP) is 3.25. The number of carbonyl (C=O) groups excluding carboxylic acids is 2. The molecule has 0 aliphatic carbocycles. The van der Waals surface area contributed by atoms with Crippen LogP contribution in [0.5, 0.6) is 0 Å². The van der Waals surface area contributed by atoms with Crippen molar-refractivity contribution in [2.24, 2.45) is 0 Å². The summed E-state index contributed by atoms with van der Waals surface area (Å²) in [6.07, 6.45) is 0.506. The maximum Gasteiger partial charge on any atom is 0.307 e. The van der Waals surface area contributed by atoms with Gasteiger partial charge in [-0.05, 0) is 11.1 Å². The smallest absolute Gasteiger partial charge is 0.307 e. The third kappa shape index (κ3) is 6.53. The monoisotopic (exact) mass is 369 g/mol. The first-order valence-electron chi connectivity index (χ1n) is 9.09. The molecular formula is C22H27NO4. The van der Waals surface area contributed by atoms with Crippen LogP contribution in [0.4, 0.5) is 0 Å². The fourth-order valence-corrected chi connectivity index (χ4v) is 2.99.